The maximum absolute atomic E-state index is 13.8. The van der Waals surface area contributed by atoms with E-state index in [0.717, 1.165) is 16.7 Å². The van der Waals surface area contributed by atoms with E-state index in [9.17, 15) is 18.8 Å². The predicted octanol–water partition coefficient (Wildman–Crippen LogP) is 3.85. The average molecular weight is 371 g/mol. The maximum atomic E-state index is 13.8. The van der Waals surface area contributed by atoms with Crippen molar-refractivity contribution in [3.8, 4) is 0 Å². The van der Waals surface area contributed by atoms with E-state index in [1.54, 1.807) is 42.5 Å². The molecule has 2 aromatic rings. The molecule has 132 valence electrons. The second kappa shape index (κ2) is 7.53. The summed E-state index contributed by atoms with van der Waals surface area (Å²) in [6.07, 6.45) is 1.56. The molecule has 0 unspecified atom stereocenters. The normalized spacial score (nSPS) is 15.6. The molecule has 1 heterocycles. The van der Waals surface area contributed by atoms with Crippen LogP contribution in [0.25, 0.3) is 6.08 Å². The predicted molar refractivity (Wildman–Crippen MR) is 95.7 cm³/mol. The van der Waals surface area contributed by atoms with Gasteiger partial charge < -0.3 is 4.74 Å². The van der Waals surface area contributed by atoms with Crippen molar-refractivity contribution in [2.45, 2.75) is 6.54 Å². The summed E-state index contributed by atoms with van der Waals surface area (Å²) in [4.78, 5) is 37.3. The third kappa shape index (κ3) is 3.67. The first-order chi connectivity index (χ1) is 12.5. The molecule has 1 aliphatic heterocycles. The largest absolute Gasteiger partial charge is 0.465 e. The Morgan fingerprint density at radius 2 is 1.85 bits per heavy atom. The van der Waals surface area contributed by atoms with Crippen LogP contribution >= 0.6 is 11.8 Å². The molecule has 7 heteroatoms. The number of carbonyl (C=O) groups is 3. The van der Waals surface area contributed by atoms with E-state index in [1.807, 2.05) is 0 Å². The van der Waals surface area contributed by atoms with Gasteiger partial charge in [0, 0.05) is 5.56 Å². The van der Waals surface area contributed by atoms with Gasteiger partial charge in [-0.25, -0.2) is 9.18 Å². The molecule has 1 saturated heterocycles. The molecule has 0 saturated carbocycles. The molecule has 2 aromatic carbocycles. The van der Waals surface area contributed by atoms with E-state index in [1.165, 1.54) is 19.2 Å². The van der Waals surface area contributed by atoms with Gasteiger partial charge in [-0.05, 0) is 41.6 Å². The highest BCUT2D eigenvalue weighted by molar-refractivity contribution is 8.18. The van der Waals surface area contributed by atoms with E-state index < -0.39 is 22.9 Å². The number of hydrogen-bond acceptors (Lipinski definition) is 5. The summed E-state index contributed by atoms with van der Waals surface area (Å²) in [7, 11) is 1.29. The fourth-order valence-electron chi connectivity index (χ4n) is 2.42. The summed E-state index contributed by atoms with van der Waals surface area (Å²) in [5, 5.41) is -0.448. The minimum Gasteiger partial charge on any atom is -0.465 e. The molecule has 0 radical (unpaired) electrons. The Morgan fingerprint density at radius 3 is 2.50 bits per heavy atom. The Hall–Kier alpha value is -2.93. The zero-order valence-corrected chi connectivity index (χ0v) is 14.6. The number of hydrogen-bond donors (Lipinski definition) is 0. The second-order valence-electron chi connectivity index (χ2n) is 5.47. The highest BCUT2D eigenvalue weighted by Crippen LogP contribution is 2.33. The number of halogens is 1. The zero-order valence-electron chi connectivity index (χ0n) is 13.8. The van der Waals surface area contributed by atoms with Gasteiger partial charge in [-0.1, -0.05) is 30.3 Å². The molecule has 0 aliphatic carbocycles. The van der Waals surface area contributed by atoms with Crippen molar-refractivity contribution < 1.29 is 23.5 Å². The van der Waals surface area contributed by atoms with Gasteiger partial charge in [0.15, 0.2) is 0 Å². The van der Waals surface area contributed by atoms with Crippen LogP contribution in [0.15, 0.2) is 53.4 Å². The molecule has 3 rings (SSSR count). The first-order valence-corrected chi connectivity index (χ1v) is 8.48. The standard InChI is InChI=1S/C19H14FNO4S/c1-25-18(23)13-8-6-12(7-9-13)10-16-17(22)21(19(24)26-16)11-14-4-2-3-5-15(14)20/h2-10H,11H2,1H3/b16-10-. The summed E-state index contributed by atoms with van der Waals surface area (Å²) in [6.45, 7) is -0.115. The van der Waals surface area contributed by atoms with E-state index in [0.29, 0.717) is 11.1 Å². The van der Waals surface area contributed by atoms with Crippen LogP contribution in [0, 0.1) is 5.82 Å². The van der Waals surface area contributed by atoms with Crippen LogP contribution in [-0.2, 0) is 16.1 Å². The summed E-state index contributed by atoms with van der Waals surface area (Å²) < 4.78 is 18.4. The van der Waals surface area contributed by atoms with Crippen LogP contribution in [-0.4, -0.2) is 29.1 Å². The topological polar surface area (TPSA) is 63.7 Å². The van der Waals surface area contributed by atoms with Crippen molar-refractivity contribution in [1.29, 1.82) is 0 Å². The maximum Gasteiger partial charge on any atom is 0.337 e. The Labute approximate surface area is 153 Å². The molecule has 0 bridgehead atoms. The lowest BCUT2D eigenvalue weighted by Gasteiger charge is -2.12. The van der Waals surface area contributed by atoms with E-state index in [2.05, 4.69) is 4.74 Å². The molecule has 0 spiro atoms. The van der Waals surface area contributed by atoms with Gasteiger partial charge in [0.25, 0.3) is 11.1 Å². The number of esters is 1. The van der Waals surface area contributed by atoms with Crippen LogP contribution in [0.1, 0.15) is 21.5 Å². The summed E-state index contributed by atoms with van der Waals surface area (Å²) in [6, 6.07) is 12.5. The Bertz CT molecular complexity index is 908. The van der Waals surface area contributed by atoms with Gasteiger partial charge in [0.05, 0.1) is 24.1 Å². The quantitative estimate of drug-likeness (QED) is 0.603. The van der Waals surface area contributed by atoms with Crippen LogP contribution < -0.4 is 0 Å². The number of amides is 2. The van der Waals surface area contributed by atoms with Crippen molar-refractivity contribution in [3.63, 3.8) is 0 Å². The number of methoxy groups -OCH3 is 1. The van der Waals surface area contributed by atoms with Gasteiger partial charge in [0.1, 0.15) is 5.82 Å². The summed E-state index contributed by atoms with van der Waals surface area (Å²) in [5.74, 6) is -1.39. The third-order valence-electron chi connectivity index (χ3n) is 3.79. The molecule has 1 aliphatic rings. The molecule has 0 N–H and O–H groups in total. The third-order valence-corrected chi connectivity index (χ3v) is 4.70. The number of ether oxygens (including phenoxy) is 1. The minimum absolute atomic E-state index is 0.115. The highest BCUT2D eigenvalue weighted by atomic mass is 32.2. The molecule has 1 fully saturated rings. The molecule has 2 amide bonds. The van der Waals surface area contributed by atoms with Crippen LogP contribution in [0.4, 0.5) is 9.18 Å². The van der Waals surface area contributed by atoms with E-state index >= 15 is 0 Å². The van der Waals surface area contributed by atoms with Crippen molar-refractivity contribution >= 4 is 35.0 Å². The van der Waals surface area contributed by atoms with Gasteiger partial charge in [-0.3, -0.25) is 14.5 Å². The van der Waals surface area contributed by atoms with Crippen molar-refractivity contribution in [2.24, 2.45) is 0 Å². The van der Waals surface area contributed by atoms with Crippen LogP contribution in [0.3, 0.4) is 0 Å². The highest BCUT2D eigenvalue weighted by Gasteiger charge is 2.35. The lowest BCUT2D eigenvalue weighted by atomic mass is 10.1. The monoisotopic (exact) mass is 371 g/mol. The lowest BCUT2D eigenvalue weighted by molar-refractivity contribution is -0.123. The van der Waals surface area contributed by atoms with Crippen molar-refractivity contribution in [3.05, 3.63) is 75.9 Å². The number of carbonyl (C=O) groups excluding carboxylic acids is 3. The van der Waals surface area contributed by atoms with E-state index in [-0.39, 0.29) is 17.0 Å². The fraction of sp³-hybridized carbons (Fsp3) is 0.105. The number of nitrogens with zero attached hydrogens (tertiary/aromatic N) is 1. The summed E-state index contributed by atoms with van der Waals surface area (Å²) >= 11 is 0.801. The second-order valence-corrected chi connectivity index (χ2v) is 6.47. The Kier molecular flexibility index (Phi) is 5.18. The Morgan fingerprint density at radius 1 is 1.15 bits per heavy atom. The number of thioether (sulfide) groups is 1. The molecule has 26 heavy (non-hydrogen) atoms. The number of imide groups is 1. The summed E-state index contributed by atoms with van der Waals surface area (Å²) in [5.41, 5.74) is 1.32. The molecule has 5 nitrogen and oxygen atoms in total. The number of rotatable bonds is 4. The van der Waals surface area contributed by atoms with Crippen molar-refractivity contribution in [1.82, 2.24) is 4.90 Å². The molecule has 0 aromatic heterocycles. The molecular formula is C19H14FNO4S. The SMILES string of the molecule is COC(=O)c1ccc(/C=C2\SC(=O)N(Cc3ccccc3F)C2=O)cc1. The fourth-order valence-corrected chi connectivity index (χ4v) is 3.26. The van der Waals surface area contributed by atoms with Gasteiger partial charge in [-0.15, -0.1) is 0 Å². The van der Waals surface area contributed by atoms with Gasteiger partial charge in [0.2, 0.25) is 0 Å². The van der Waals surface area contributed by atoms with Gasteiger partial charge >= 0.3 is 5.97 Å². The molecule has 0 atom stereocenters. The van der Waals surface area contributed by atoms with Crippen molar-refractivity contribution in [2.75, 3.05) is 7.11 Å². The molecular weight excluding hydrogens is 357 g/mol. The van der Waals surface area contributed by atoms with Crippen LogP contribution in [0.5, 0.6) is 0 Å². The van der Waals surface area contributed by atoms with Crippen LogP contribution in [0.2, 0.25) is 0 Å². The Balaban J connectivity index is 1.79. The zero-order chi connectivity index (χ0) is 18.7. The lowest BCUT2D eigenvalue weighted by Crippen LogP contribution is -2.27. The minimum atomic E-state index is -0.472. The first-order valence-electron chi connectivity index (χ1n) is 7.67. The van der Waals surface area contributed by atoms with E-state index in [4.69, 9.17) is 0 Å². The van der Waals surface area contributed by atoms with Gasteiger partial charge in [-0.2, -0.15) is 0 Å². The smallest absolute Gasteiger partial charge is 0.337 e. The first kappa shape index (κ1) is 17.9. The average Bonchev–Trinajstić information content (AvgIpc) is 2.91. The number of benzene rings is 2.